The van der Waals surface area contributed by atoms with E-state index in [1.54, 1.807) is 12.1 Å². The average Bonchev–Trinajstić information content (AvgIpc) is 3.07. The minimum atomic E-state index is -0.621. The quantitative estimate of drug-likeness (QED) is 0.620. The number of anilines is 1. The molecule has 0 spiro atoms. The van der Waals surface area contributed by atoms with E-state index in [0.717, 1.165) is 4.47 Å². The number of hydrazone groups is 1. The van der Waals surface area contributed by atoms with Crippen molar-refractivity contribution >= 4 is 33.9 Å². The van der Waals surface area contributed by atoms with Crippen LogP contribution in [0, 0.1) is 0 Å². The summed E-state index contributed by atoms with van der Waals surface area (Å²) in [5.74, 6) is 0.512. The SMILES string of the molecule is Nc1nonc1C(=O)NN=Cc1cc(Br)c2c(c1)OCO2. The Bertz CT molecular complexity index is 729. The molecule has 1 aliphatic rings. The number of carbonyl (C=O) groups is 1. The number of nitrogens with zero attached hydrogens (tertiary/aromatic N) is 3. The van der Waals surface area contributed by atoms with Crippen molar-refractivity contribution in [3.63, 3.8) is 0 Å². The summed E-state index contributed by atoms with van der Waals surface area (Å²) in [5, 5.41) is 10.5. The number of nitrogen functional groups attached to an aromatic ring is 1. The Morgan fingerprint density at radius 2 is 2.29 bits per heavy atom. The highest BCUT2D eigenvalue weighted by Gasteiger charge is 2.18. The van der Waals surface area contributed by atoms with E-state index in [4.69, 9.17) is 15.2 Å². The Balaban J connectivity index is 1.71. The Labute approximate surface area is 126 Å². The number of fused-ring (bicyclic) bond motifs is 1. The van der Waals surface area contributed by atoms with Crippen LogP contribution in [-0.4, -0.2) is 29.2 Å². The summed E-state index contributed by atoms with van der Waals surface area (Å²) in [5.41, 5.74) is 8.23. The third kappa shape index (κ3) is 2.65. The second kappa shape index (κ2) is 5.40. The molecule has 2 heterocycles. The third-order valence-electron chi connectivity index (χ3n) is 2.56. The summed E-state index contributed by atoms with van der Waals surface area (Å²) in [4.78, 5) is 11.6. The zero-order valence-electron chi connectivity index (χ0n) is 10.4. The summed E-state index contributed by atoms with van der Waals surface area (Å²) in [6.45, 7) is 0.170. The molecule has 1 aromatic carbocycles. The number of ether oxygens (including phenoxy) is 2. The predicted octanol–water partition coefficient (Wildman–Crippen LogP) is 0.907. The van der Waals surface area contributed by atoms with Crippen molar-refractivity contribution in [2.24, 2.45) is 5.10 Å². The molecule has 0 saturated heterocycles. The molecule has 10 heteroatoms. The highest BCUT2D eigenvalue weighted by Crippen LogP contribution is 2.39. The Morgan fingerprint density at radius 1 is 1.43 bits per heavy atom. The molecule has 0 bridgehead atoms. The zero-order chi connectivity index (χ0) is 14.8. The number of benzene rings is 1. The van der Waals surface area contributed by atoms with Crippen LogP contribution < -0.4 is 20.6 Å². The number of hydrogen-bond donors (Lipinski definition) is 2. The van der Waals surface area contributed by atoms with Gasteiger partial charge in [-0.1, -0.05) is 0 Å². The van der Waals surface area contributed by atoms with Gasteiger partial charge in [-0.25, -0.2) is 10.1 Å². The average molecular weight is 354 g/mol. The molecule has 9 nitrogen and oxygen atoms in total. The smallest absolute Gasteiger partial charge is 0.297 e. The molecule has 0 aliphatic carbocycles. The zero-order valence-corrected chi connectivity index (χ0v) is 12.0. The van der Waals surface area contributed by atoms with Gasteiger partial charge in [0.2, 0.25) is 18.3 Å². The Morgan fingerprint density at radius 3 is 3.05 bits per heavy atom. The monoisotopic (exact) mass is 353 g/mol. The van der Waals surface area contributed by atoms with E-state index in [1.165, 1.54) is 6.21 Å². The van der Waals surface area contributed by atoms with Gasteiger partial charge in [0, 0.05) is 0 Å². The second-order valence-corrected chi connectivity index (χ2v) is 4.79. The first-order chi connectivity index (χ1) is 10.1. The van der Waals surface area contributed by atoms with Crippen LogP contribution >= 0.6 is 15.9 Å². The lowest BCUT2D eigenvalue weighted by Crippen LogP contribution is -2.19. The van der Waals surface area contributed by atoms with Crippen LogP contribution in [-0.2, 0) is 0 Å². The van der Waals surface area contributed by atoms with Crippen LogP contribution in [0.5, 0.6) is 11.5 Å². The summed E-state index contributed by atoms with van der Waals surface area (Å²) in [6, 6.07) is 3.50. The molecular formula is C11H8BrN5O4. The molecule has 0 radical (unpaired) electrons. The molecule has 1 amide bonds. The normalized spacial score (nSPS) is 12.8. The van der Waals surface area contributed by atoms with Crippen molar-refractivity contribution < 1.29 is 18.9 Å². The van der Waals surface area contributed by atoms with Gasteiger partial charge in [0.05, 0.1) is 10.7 Å². The van der Waals surface area contributed by atoms with Crippen LogP contribution in [0.15, 0.2) is 26.3 Å². The highest BCUT2D eigenvalue weighted by molar-refractivity contribution is 9.10. The highest BCUT2D eigenvalue weighted by atomic mass is 79.9. The molecule has 1 aromatic heterocycles. The maximum atomic E-state index is 11.6. The van der Waals surface area contributed by atoms with Crippen molar-refractivity contribution in [2.75, 3.05) is 12.5 Å². The van der Waals surface area contributed by atoms with E-state index >= 15 is 0 Å². The molecule has 0 saturated carbocycles. The number of halogens is 1. The maximum Gasteiger partial charge on any atom is 0.297 e. The Kier molecular flexibility index (Phi) is 3.44. The van der Waals surface area contributed by atoms with E-state index in [1.807, 2.05) is 0 Å². The third-order valence-corrected chi connectivity index (χ3v) is 3.15. The molecule has 108 valence electrons. The molecule has 2 aromatic rings. The fourth-order valence-corrected chi connectivity index (χ4v) is 2.21. The van der Waals surface area contributed by atoms with Gasteiger partial charge in [0.15, 0.2) is 11.5 Å². The van der Waals surface area contributed by atoms with Crippen molar-refractivity contribution in [3.05, 3.63) is 27.9 Å². The van der Waals surface area contributed by atoms with Gasteiger partial charge < -0.3 is 15.2 Å². The first-order valence-corrected chi connectivity index (χ1v) is 6.45. The largest absolute Gasteiger partial charge is 0.454 e. The number of nitrogens with one attached hydrogen (secondary N) is 1. The van der Waals surface area contributed by atoms with Crippen LogP contribution in [0.2, 0.25) is 0 Å². The Hall–Kier alpha value is -2.62. The number of nitrogens with two attached hydrogens (primary N) is 1. The molecule has 3 N–H and O–H groups in total. The van der Waals surface area contributed by atoms with Crippen LogP contribution in [0.4, 0.5) is 5.82 Å². The van der Waals surface area contributed by atoms with Crippen LogP contribution in [0.3, 0.4) is 0 Å². The minimum Gasteiger partial charge on any atom is -0.454 e. The van der Waals surface area contributed by atoms with Gasteiger partial charge in [0.25, 0.3) is 5.91 Å². The first-order valence-electron chi connectivity index (χ1n) is 5.65. The number of carbonyl (C=O) groups excluding carboxylic acids is 1. The van der Waals surface area contributed by atoms with Gasteiger partial charge in [-0.2, -0.15) is 5.10 Å². The fraction of sp³-hybridized carbons (Fsp3) is 0.0909. The molecule has 21 heavy (non-hydrogen) atoms. The first kappa shape index (κ1) is 13.4. The number of hydrogen-bond acceptors (Lipinski definition) is 8. The molecule has 0 fully saturated rings. The van der Waals surface area contributed by atoms with Crippen molar-refractivity contribution in [1.82, 2.24) is 15.7 Å². The van der Waals surface area contributed by atoms with E-state index in [9.17, 15) is 4.79 Å². The van der Waals surface area contributed by atoms with Gasteiger partial charge in [-0.15, -0.1) is 0 Å². The topological polar surface area (TPSA) is 125 Å². The van der Waals surface area contributed by atoms with E-state index < -0.39 is 5.91 Å². The summed E-state index contributed by atoms with van der Waals surface area (Å²) >= 11 is 3.36. The van der Waals surface area contributed by atoms with E-state index in [2.05, 4.69) is 41.4 Å². The maximum absolute atomic E-state index is 11.6. The summed E-state index contributed by atoms with van der Waals surface area (Å²) < 4.78 is 15.6. The van der Waals surface area contributed by atoms with E-state index in [-0.39, 0.29) is 18.3 Å². The van der Waals surface area contributed by atoms with E-state index in [0.29, 0.717) is 17.1 Å². The predicted molar refractivity (Wildman–Crippen MR) is 74.0 cm³/mol. The lowest BCUT2D eigenvalue weighted by Gasteiger charge is -2.01. The molecule has 0 unspecified atom stereocenters. The molecule has 3 rings (SSSR count). The minimum absolute atomic E-state index is 0.103. The van der Waals surface area contributed by atoms with Crippen molar-refractivity contribution in [2.45, 2.75) is 0 Å². The fourth-order valence-electron chi connectivity index (χ4n) is 1.63. The standard InChI is InChI=1S/C11H8BrN5O4/c12-6-1-5(2-7-9(6)20-4-19-7)3-14-15-11(18)8-10(13)17-21-16-8/h1-3H,4H2,(H2,13,17)(H,15,18). The van der Waals surface area contributed by atoms with Crippen molar-refractivity contribution in [1.29, 1.82) is 0 Å². The summed E-state index contributed by atoms with van der Waals surface area (Å²) in [6.07, 6.45) is 1.44. The molecule has 0 atom stereocenters. The lowest BCUT2D eigenvalue weighted by atomic mass is 10.2. The van der Waals surface area contributed by atoms with Crippen LogP contribution in [0.1, 0.15) is 16.1 Å². The van der Waals surface area contributed by atoms with Gasteiger partial charge in [-0.05, 0) is 43.9 Å². The van der Waals surface area contributed by atoms with Gasteiger partial charge >= 0.3 is 0 Å². The van der Waals surface area contributed by atoms with Crippen LogP contribution in [0.25, 0.3) is 0 Å². The van der Waals surface area contributed by atoms with Gasteiger partial charge in [-0.3, -0.25) is 4.79 Å². The second-order valence-electron chi connectivity index (χ2n) is 3.93. The number of aromatic nitrogens is 2. The number of amides is 1. The number of rotatable bonds is 3. The van der Waals surface area contributed by atoms with Gasteiger partial charge in [0.1, 0.15) is 0 Å². The summed E-state index contributed by atoms with van der Waals surface area (Å²) in [7, 11) is 0. The lowest BCUT2D eigenvalue weighted by molar-refractivity contribution is 0.0946. The molecular weight excluding hydrogens is 346 g/mol. The van der Waals surface area contributed by atoms with Crippen molar-refractivity contribution in [3.8, 4) is 11.5 Å². The molecule has 1 aliphatic heterocycles.